The van der Waals surface area contributed by atoms with E-state index >= 15 is 0 Å². The Balaban J connectivity index is 2.07. The molecule has 0 fully saturated rings. The van der Waals surface area contributed by atoms with Crippen LogP contribution in [0.2, 0.25) is 0 Å². The highest BCUT2D eigenvalue weighted by Gasteiger charge is 2.24. The van der Waals surface area contributed by atoms with Crippen LogP contribution in [0, 0.1) is 5.41 Å². The van der Waals surface area contributed by atoms with Gasteiger partial charge in [0.05, 0.1) is 6.04 Å². The van der Waals surface area contributed by atoms with Crippen LogP contribution in [0.25, 0.3) is 6.08 Å². The first kappa shape index (κ1) is 19.4. The lowest BCUT2D eigenvalue weighted by atomic mass is 9.87. The predicted octanol–water partition coefficient (Wildman–Crippen LogP) is 6.18. The Labute approximate surface area is 152 Å². The molecule has 2 heteroatoms. The van der Waals surface area contributed by atoms with Gasteiger partial charge in [-0.05, 0) is 23.0 Å². The lowest BCUT2D eigenvalue weighted by molar-refractivity contribution is -0.0582. The highest BCUT2D eigenvalue weighted by molar-refractivity contribution is 5.49. The summed E-state index contributed by atoms with van der Waals surface area (Å²) >= 11 is 0. The Bertz CT molecular complexity index is 628. The maximum absolute atomic E-state index is 6.14. The fourth-order valence-electron chi connectivity index (χ4n) is 2.66. The van der Waals surface area contributed by atoms with Gasteiger partial charge in [0.2, 0.25) is 0 Å². The van der Waals surface area contributed by atoms with Crippen molar-refractivity contribution < 1.29 is 4.84 Å². The molecule has 0 aliphatic heterocycles. The molecular formula is C23H31NO. The van der Waals surface area contributed by atoms with Crippen molar-refractivity contribution in [1.29, 1.82) is 0 Å². The number of nitrogens with one attached hydrogen (secondary N) is 1. The van der Waals surface area contributed by atoms with E-state index in [2.05, 4.69) is 93.9 Å². The van der Waals surface area contributed by atoms with Crippen LogP contribution in [0.15, 0.2) is 66.7 Å². The van der Waals surface area contributed by atoms with Crippen LogP contribution in [0.3, 0.4) is 0 Å². The first-order chi connectivity index (χ1) is 12.0. The monoisotopic (exact) mass is 337 g/mol. The number of hydrogen-bond acceptors (Lipinski definition) is 2. The van der Waals surface area contributed by atoms with Gasteiger partial charge < -0.3 is 0 Å². The standard InChI is InChI=1S/C23H31NO/c1-5-12-21(20-15-10-7-11-16-20)25-24-22(23(2,3)4)18-17-19-13-8-6-9-14-19/h6-11,13-18,21-22,24H,5,12H2,1-4H3/b18-17+/t21-,22+/m1/s1. The van der Waals surface area contributed by atoms with Crippen molar-refractivity contribution in [2.24, 2.45) is 5.41 Å². The van der Waals surface area contributed by atoms with Crippen molar-refractivity contribution >= 4 is 6.08 Å². The molecule has 2 rings (SSSR count). The molecule has 0 amide bonds. The van der Waals surface area contributed by atoms with Crippen LogP contribution in [0.5, 0.6) is 0 Å². The summed E-state index contributed by atoms with van der Waals surface area (Å²) in [6.07, 6.45) is 6.51. The lowest BCUT2D eigenvalue weighted by Crippen LogP contribution is -2.39. The third-order valence-corrected chi connectivity index (χ3v) is 4.27. The molecule has 0 spiro atoms. The molecule has 0 saturated heterocycles. The molecular weight excluding hydrogens is 306 g/mol. The van der Waals surface area contributed by atoms with Crippen molar-refractivity contribution in [3.63, 3.8) is 0 Å². The molecule has 25 heavy (non-hydrogen) atoms. The van der Waals surface area contributed by atoms with E-state index in [0.717, 1.165) is 12.8 Å². The zero-order valence-electron chi connectivity index (χ0n) is 15.9. The second-order valence-electron chi connectivity index (χ2n) is 7.54. The molecule has 0 aliphatic rings. The van der Waals surface area contributed by atoms with Crippen molar-refractivity contribution in [3.8, 4) is 0 Å². The van der Waals surface area contributed by atoms with E-state index in [1.165, 1.54) is 11.1 Å². The molecule has 2 atom stereocenters. The third-order valence-electron chi connectivity index (χ3n) is 4.27. The second-order valence-corrected chi connectivity index (χ2v) is 7.54. The van der Waals surface area contributed by atoms with Crippen LogP contribution in [-0.2, 0) is 4.84 Å². The van der Waals surface area contributed by atoms with Crippen LogP contribution in [0.4, 0.5) is 0 Å². The minimum Gasteiger partial charge on any atom is -0.293 e. The fourth-order valence-corrected chi connectivity index (χ4v) is 2.66. The zero-order chi connectivity index (χ0) is 18.1. The van der Waals surface area contributed by atoms with E-state index in [1.807, 2.05) is 12.1 Å². The van der Waals surface area contributed by atoms with Gasteiger partial charge in [0.25, 0.3) is 0 Å². The summed E-state index contributed by atoms with van der Waals surface area (Å²) < 4.78 is 0. The Morgan fingerprint density at radius 1 is 0.960 bits per heavy atom. The molecule has 2 aromatic rings. The van der Waals surface area contributed by atoms with Crippen molar-refractivity contribution in [2.45, 2.75) is 52.7 Å². The molecule has 134 valence electrons. The first-order valence-corrected chi connectivity index (χ1v) is 9.20. The summed E-state index contributed by atoms with van der Waals surface area (Å²) in [5.74, 6) is 0. The largest absolute Gasteiger partial charge is 0.293 e. The van der Waals surface area contributed by atoms with Gasteiger partial charge in [0.15, 0.2) is 0 Å². The smallest absolute Gasteiger partial charge is 0.104 e. The highest BCUT2D eigenvalue weighted by Crippen LogP contribution is 2.25. The number of hydroxylamine groups is 1. The van der Waals surface area contributed by atoms with Gasteiger partial charge in [-0.1, -0.05) is 107 Å². The fraction of sp³-hybridized carbons (Fsp3) is 0.391. The van der Waals surface area contributed by atoms with Gasteiger partial charge in [0, 0.05) is 0 Å². The predicted molar refractivity (Wildman–Crippen MR) is 107 cm³/mol. The summed E-state index contributed by atoms with van der Waals surface area (Å²) in [7, 11) is 0. The van der Waals surface area contributed by atoms with E-state index in [1.54, 1.807) is 0 Å². The minimum atomic E-state index is 0.0543. The van der Waals surface area contributed by atoms with Crippen LogP contribution in [0.1, 0.15) is 57.8 Å². The van der Waals surface area contributed by atoms with Crippen molar-refractivity contribution in [3.05, 3.63) is 77.9 Å². The number of rotatable bonds is 8. The lowest BCUT2D eigenvalue weighted by Gasteiger charge is -2.30. The molecule has 0 saturated carbocycles. The van der Waals surface area contributed by atoms with E-state index in [-0.39, 0.29) is 17.6 Å². The van der Waals surface area contributed by atoms with Gasteiger partial charge in [-0.3, -0.25) is 4.84 Å². The van der Waals surface area contributed by atoms with Crippen LogP contribution < -0.4 is 5.48 Å². The Kier molecular flexibility index (Phi) is 7.42. The summed E-state index contributed by atoms with van der Waals surface area (Å²) in [6, 6.07) is 20.9. The molecule has 2 nitrogen and oxygen atoms in total. The normalized spacial score (nSPS) is 14.6. The van der Waals surface area contributed by atoms with Crippen molar-refractivity contribution in [2.75, 3.05) is 0 Å². The van der Waals surface area contributed by atoms with E-state index in [4.69, 9.17) is 4.84 Å². The topological polar surface area (TPSA) is 21.3 Å². The number of hydrogen-bond donors (Lipinski definition) is 1. The summed E-state index contributed by atoms with van der Waals surface area (Å²) in [4.78, 5) is 6.14. The summed E-state index contributed by atoms with van der Waals surface area (Å²) in [5.41, 5.74) is 5.80. The van der Waals surface area contributed by atoms with Crippen molar-refractivity contribution in [1.82, 2.24) is 5.48 Å². The Morgan fingerprint density at radius 3 is 2.12 bits per heavy atom. The van der Waals surface area contributed by atoms with Gasteiger partial charge in [-0.15, -0.1) is 0 Å². The zero-order valence-corrected chi connectivity index (χ0v) is 15.9. The van der Waals surface area contributed by atoms with E-state index in [9.17, 15) is 0 Å². The molecule has 2 aromatic carbocycles. The van der Waals surface area contributed by atoms with Gasteiger partial charge in [-0.25, -0.2) is 0 Å². The number of benzene rings is 2. The Hall–Kier alpha value is -1.90. The SMILES string of the molecule is CCC[C@@H](ON[C@@H](/C=C/c1ccccc1)C(C)(C)C)c1ccccc1. The third kappa shape index (κ3) is 6.49. The minimum absolute atomic E-state index is 0.0543. The molecule has 0 aromatic heterocycles. The Morgan fingerprint density at radius 2 is 1.56 bits per heavy atom. The van der Waals surface area contributed by atoms with Gasteiger partial charge in [0.1, 0.15) is 6.10 Å². The van der Waals surface area contributed by atoms with Crippen LogP contribution in [-0.4, -0.2) is 6.04 Å². The maximum Gasteiger partial charge on any atom is 0.104 e. The van der Waals surface area contributed by atoms with E-state index in [0.29, 0.717) is 0 Å². The summed E-state index contributed by atoms with van der Waals surface area (Å²) in [5, 5.41) is 0. The molecule has 0 unspecified atom stereocenters. The quantitative estimate of drug-likeness (QED) is 0.581. The van der Waals surface area contributed by atoms with Gasteiger partial charge >= 0.3 is 0 Å². The molecule has 1 N–H and O–H groups in total. The second kappa shape index (κ2) is 9.55. The molecule has 0 radical (unpaired) electrons. The molecule has 0 bridgehead atoms. The average molecular weight is 338 g/mol. The van der Waals surface area contributed by atoms with E-state index < -0.39 is 0 Å². The summed E-state index contributed by atoms with van der Waals surface area (Å²) in [6.45, 7) is 8.86. The van der Waals surface area contributed by atoms with Crippen LogP contribution >= 0.6 is 0 Å². The molecule has 0 heterocycles. The molecule has 0 aliphatic carbocycles. The average Bonchev–Trinajstić information content (AvgIpc) is 2.61. The first-order valence-electron chi connectivity index (χ1n) is 9.20. The van der Waals surface area contributed by atoms with Gasteiger partial charge in [-0.2, -0.15) is 5.48 Å². The maximum atomic E-state index is 6.14. The highest BCUT2D eigenvalue weighted by atomic mass is 16.7.